The SMILES string of the molecule is N#Cc1ccc([N+](=O)[O-])c(NC2CCN(C3CC3)C2)c1. The fourth-order valence-electron chi connectivity index (χ4n) is 2.78. The van der Waals surface area contributed by atoms with Gasteiger partial charge in [-0.25, -0.2) is 0 Å². The first-order chi connectivity index (χ1) is 9.67. The fourth-order valence-corrected chi connectivity index (χ4v) is 2.78. The Labute approximate surface area is 117 Å². The summed E-state index contributed by atoms with van der Waals surface area (Å²) in [5.41, 5.74) is 0.931. The molecule has 1 unspecified atom stereocenters. The Morgan fingerprint density at radius 3 is 2.85 bits per heavy atom. The van der Waals surface area contributed by atoms with Gasteiger partial charge < -0.3 is 5.32 Å². The molecular formula is C14H16N4O2. The van der Waals surface area contributed by atoms with Crippen molar-refractivity contribution in [1.82, 2.24) is 4.90 Å². The zero-order chi connectivity index (χ0) is 14.1. The summed E-state index contributed by atoms with van der Waals surface area (Å²) >= 11 is 0. The highest BCUT2D eigenvalue weighted by Crippen LogP contribution is 2.32. The van der Waals surface area contributed by atoms with Gasteiger partial charge in [0.2, 0.25) is 0 Å². The third-order valence-corrected chi connectivity index (χ3v) is 3.96. The van der Waals surface area contributed by atoms with Crippen LogP contribution in [0.1, 0.15) is 24.8 Å². The monoisotopic (exact) mass is 272 g/mol. The van der Waals surface area contributed by atoms with Crippen molar-refractivity contribution in [2.45, 2.75) is 31.3 Å². The van der Waals surface area contributed by atoms with Gasteiger partial charge in [0.05, 0.1) is 16.6 Å². The van der Waals surface area contributed by atoms with Crippen LogP contribution in [0.5, 0.6) is 0 Å². The van der Waals surface area contributed by atoms with Gasteiger partial charge >= 0.3 is 0 Å². The maximum absolute atomic E-state index is 11.0. The molecule has 1 aromatic carbocycles. The fraction of sp³-hybridized carbons (Fsp3) is 0.500. The Morgan fingerprint density at radius 1 is 1.40 bits per heavy atom. The molecule has 0 amide bonds. The van der Waals surface area contributed by atoms with E-state index < -0.39 is 4.92 Å². The van der Waals surface area contributed by atoms with Crippen molar-refractivity contribution in [3.63, 3.8) is 0 Å². The normalized spacial score (nSPS) is 22.4. The molecule has 1 saturated carbocycles. The predicted molar refractivity (Wildman–Crippen MR) is 74.4 cm³/mol. The van der Waals surface area contributed by atoms with Crippen molar-refractivity contribution in [3.05, 3.63) is 33.9 Å². The van der Waals surface area contributed by atoms with Gasteiger partial charge in [0.1, 0.15) is 5.69 Å². The number of anilines is 1. The Balaban J connectivity index is 1.75. The Kier molecular flexibility index (Phi) is 3.28. The van der Waals surface area contributed by atoms with Crippen LogP contribution in [0.4, 0.5) is 11.4 Å². The third kappa shape index (κ3) is 2.58. The van der Waals surface area contributed by atoms with Crippen molar-refractivity contribution in [1.29, 1.82) is 5.26 Å². The summed E-state index contributed by atoms with van der Waals surface area (Å²) in [7, 11) is 0. The van der Waals surface area contributed by atoms with E-state index in [2.05, 4.69) is 10.2 Å². The molecule has 0 aromatic heterocycles. The van der Waals surface area contributed by atoms with Gasteiger partial charge in [0.25, 0.3) is 5.69 Å². The van der Waals surface area contributed by atoms with E-state index in [0.717, 1.165) is 25.6 Å². The minimum absolute atomic E-state index is 0.0360. The summed E-state index contributed by atoms with van der Waals surface area (Å²) in [5, 5.41) is 23.2. The van der Waals surface area contributed by atoms with Gasteiger partial charge in [-0.05, 0) is 31.4 Å². The van der Waals surface area contributed by atoms with E-state index in [1.807, 2.05) is 6.07 Å². The molecule has 2 aliphatic rings. The lowest BCUT2D eigenvalue weighted by Crippen LogP contribution is -2.27. The molecular weight excluding hydrogens is 256 g/mol. The second kappa shape index (κ2) is 5.10. The molecule has 0 spiro atoms. The van der Waals surface area contributed by atoms with Gasteiger partial charge in [-0.1, -0.05) is 0 Å². The summed E-state index contributed by atoms with van der Waals surface area (Å²) in [5.74, 6) is 0. The van der Waals surface area contributed by atoms with Crippen LogP contribution in [0.2, 0.25) is 0 Å². The molecule has 2 fully saturated rings. The molecule has 1 aliphatic heterocycles. The van der Waals surface area contributed by atoms with E-state index in [4.69, 9.17) is 5.26 Å². The number of hydrogen-bond donors (Lipinski definition) is 1. The Morgan fingerprint density at radius 2 is 2.20 bits per heavy atom. The van der Waals surface area contributed by atoms with Crippen LogP contribution in [0.3, 0.4) is 0 Å². The summed E-state index contributed by atoms with van der Waals surface area (Å²) < 4.78 is 0. The molecule has 1 N–H and O–H groups in total. The van der Waals surface area contributed by atoms with E-state index in [1.165, 1.54) is 25.0 Å². The minimum Gasteiger partial charge on any atom is -0.375 e. The molecule has 1 heterocycles. The van der Waals surface area contributed by atoms with E-state index in [0.29, 0.717) is 11.3 Å². The van der Waals surface area contributed by atoms with Crippen molar-refractivity contribution >= 4 is 11.4 Å². The lowest BCUT2D eigenvalue weighted by molar-refractivity contribution is -0.384. The molecule has 1 saturated heterocycles. The predicted octanol–water partition coefficient (Wildman–Crippen LogP) is 2.12. The van der Waals surface area contributed by atoms with Crippen LogP contribution in [0.25, 0.3) is 0 Å². The highest BCUT2D eigenvalue weighted by molar-refractivity contribution is 5.64. The van der Waals surface area contributed by atoms with Crippen molar-refractivity contribution in [3.8, 4) is 6.07 Å². The molecule has 104 valence electrons. The molecule has 6 nitrogen and oxygen atoms in total. The van der Waals surface area contributed by atoms with Crippen LogP contribution in [-0.4, -0.2) is 35.0 Å². The number of nitro groups is 1. The first kappa shape index (κ1) is 12.9. The first-order valence-electron chi connectivity index (χ1n) is 6.86. The molecule has 1 aromatic rings. The molecule has 0 radical (unpaired) electrons. The van der Waals surface area contributed by atoms with E-state index in [1.54, 1.807) is 6.07 Å². The van der Waals surface area contributed by atoms with E-state index in [-0.39, 0.29) is 11.7 Å². The van der Waals surface area contributed by atoms with Gasteiger partial charge in [-0.3, -0.25) is 15.0 Å². The molecule has 6 heteroatoms. The number of hydrogen-bond acceptors (Lipinski definition) is 5. The molecule has 3 rings (SSSR count). The van der Waals surface area contributed by atoms with Crippen LogP contribution in [0, 0.1) is 21.4 Å². The van der Waals surface area contributed by atoms with Crippen LogP contribution < -0.4 is 5.32 Å². The number of nitro benzene ring substituents is 1. The quantitative estimate of drug-likeness (QED) is 0.670. The molecule has 20 heavy (non-hydrogen) atoms. The highest BCUT2D eigenvalue weighted by Gasteiger charge is 2.34. The van der Waals surface area contributed by atoms with Crippen molar-refractivity contribution in [2.24, 2.45) is 0 Å². The van der Waals surface area contributed by atoms with Gasteiger partial charge in [-0.2, -0.15) is 5.26 Å². The maximum atomic E-state index is 11.0. The summed E-state index contributed by atoms with van der Waals surface area (Å²) in [6.45, 7) is 1.98. The van der Waals surface area contributed by atoms with Gasteiger partial charge in [0, 0.05) is 31.2 Å². The van der Waals surface area contributed by atoms with E-state index >= 15 is 0 Å². The number of nitrogens with one attached hydrogen (secondary N) is 1. The number of benzene rings is 1. The van der Waals surface area contributed by atoms with Gasteiger partial charge in [-0.15, -0.1) is 0 Å². The molecule has 1 atom stereocenters. The Bertz CT molecular complexity index is 577. The van der Waals surface area contributed by atoms with E-state index in [9.17, 15) is 10.1 Å². The van der Waals surface area contributed by atoms with Crippen molar-refractivity contribution < 1.29 is 4.92 Å². The largest absolute Gasteiger partial charge is 0.375 e. The number of rotatable bonds is 4. The smallest absolute Gasteiger partial charge is 0.292 e. The number of likely N-dealkylation sites (tertiary alicyclic amines) is 1. The van der Waals surface area contributed by atoms with Crippen LogP contribution in [0.15, 0.2) is 18.2 Å². The summed E-state index contributed by atoms with van der Waals surface area (Å²) in [6.07, 6.45) is 3.54. The maximum Gasteiger partial charge on any atom is 0.292 e. The third-order valence-electron chi connectivity index (χ3n) is 3.96. The lowest BCUT2D eigenvalue weighted by atomic mass is 10.1. The first-order valence-corrected chi connectivity index (χ1v) is 6.86. The Hall–Kier alpha value is -2.13. The second-order valence-electron chi connectivity index (χ2n) is 5.46. The summed E-state index contributed by atoms with van der Waals surface area (Å²) in [4.78, 5) is 13.1. The zero-order valence-corrected chi connectivity index (χ0v) is 11.1. The molecule has 1 aliphatic carbocycles. The number of nitrogens with zero attached hydrogens (tertiary/aromatic N) is 3. The van der Waals surface area contributed by atoms with Gasteiger partial charge in [0.15, 0.2) is 0 Å². The average molecular weight is 272 g/mol. The summed E-state index contributed by atoms with van der Waals surface area (Å²) in [6, 6.07) is 7.42. The topological polar surface area (TPSA) is 82.2 Å². The highest BCUT2D eigenvalue weighted by atomic mass is 16.6. The standard InChI is InChI=1S/C14H16N4O2/c15-8-10-1-4-14(18(19)20)13(7-10)16-11-5-6-17(9-11)12-2-3-12/h1,4,7,11-12,16H,2-3,5-6,9H2. The van der Waals surface area contributed by atoms with Crippen LogP contribution in [-0.2, 0) is 0 Å². The number of nitriles is 1. The average Bonchev–Trinajstić information content (AvgIpc) is 3.19. The minimum atomic E-state index is -0.406. The lowest BCUT2D eigenvalue weighted by Gasteiger charge is -2.16. The van der Waals surface area contributed by atoms with Crippen molar-refractivity contribution in [2.75, 3.05) is 18.4 Å². The molecule has 0 bridgehead atoms. The van der Waals surface area contributed by atoms with Crippen LogP contribution >= 0.6 is 0 Å². The second-order valence-corrected chi connectivity index (χ2v) is 5.46. The zero-order valence-electron chi connectivity index (χ0n) is 11.1.